The fraction of sp³-hybridized carbons (Fsp3) is 0.212. The monoisotopic (exact) mass is 693 g/mol. The Morgan fingerprint density at radius 1 is 0.821 bits per heavy atom. The van der Waals surface area contributed by atoms with E-state index in [0.717, 1.165) is 67.1 Å². The Morgan fingerprint density at radius 3 is 2.41 bits per heavy atom. The molecule has 5 nitrogen and oxygen atoms in total. The van der Waals surface area contributed by atoms with Gasteiger partial charge in [-0.05, 0) is 34.7 Å². The number of phenols is 1. The molecule has 6 aromatic rings. The number of fused-ring (bicyclic) bond motifs is 6. The number of aromatic nitrogens is 3. The molecule has 0 unspecified atom stereocenters. The van der Waals surface area contributed by atoms with Gasteiger partial charge in [0.15, 0.2) is 0 Å². The quantitative estimate of drug-likeness (QED) is 0.188. The molecule has 3 aromatic carbocycles. The molecule has 198 valence electrons. The molecule has 0 amide bonds. The molecule has 0 aliphatic heterocycles. The van der Waals surface area contributed by atoms with E-state index in [0.29, 0.717) is 0 Å². The van der Waals surface area contributed by atoms with Gasteiger partial charge >= 0.3 is 0 Å². The summed E-state index contributed by atoms with van der Waals surface area (Å²) in [7, 11) is 1.99. The number of aromatic hydroxyl groups is 1. The van der Waals surface area contributed by atoms with Gasteiger partial charge in [-0.25, -0.2) is 4.98 Å². The van der Waals surface area contributed by atoms with Crippen LogP contribution in [0.3, 0.4) is 0 Å². The molecule has 0 saturated heterocycles. The SMILES string of the molecule is Cn1cc(-c2ccc3c(n2)-c2c(O)cccc2C(C)(C)C3(C)C)nc1-c1[c-]cc2oc3ccccc3c2c1.[Pt]. The first kappa shape index (κ1) is 25.6. The fourth-order valence-electron chi connectivity index (χ4n) is 5.92. The van der Waals surface area contributed by atoms with Crippen molar-refractivity contribution < 1.29 is 30.6 Å². The number of hydrogen-bond acceptors (Lipinski definition) is 4. The van der Waals surface area contributed by atoms with Crippen molar-refractivity contribution in [3.63, 3.8) is 0 Å². The molecule has 1 aliphatic carbocycles. The Bertz CT molecular complexity index is 1910. The molecule has 0 atom stereocenters. The summed E-state index contributed by atoms with van der Waals surface area (Å²) in [6, 6.07) is 25.4. The van der Waals surface area contributed by atoms with Gasteiger partial charge in [-0.1, -0.05) is 69.5 Å². The Morgan fingerprint density at radius 2 is 1.59 bits per heavy atom. The van der Waals surface area contributed by atoms with E-state index < -0.39 is 0 Å². The third-order valence-electron chi connectivity index (χ3n) is 8.77. The first-order chi connectivity index (χ1) is 18.2. The summed E-state index contributed by atoms with van der Waals surface area (Å²) < 4.78 is 7.99. The number of phenolic OH excluding ortho intramolecular Hbond substituents is 1. The van der Waals surface area contributed by atoms with E-state index in [1.165, 1.54) is 0 Å². The van der Waals surface area contributed by atoms with Gasteiger partial charge in [-0.3, -0.25) is 4.98 Å². The predicted molar refractivity (Wildman–Crippen MR) is 151 cm³/mol. The molecule has 39 heavy (non-hydrogen) atoms. The molecule has 0 spiro atoms. The van der Waals surface area contributed by atoms with Gasteiger partial charge in [0.05, 0.1) is 28.5 Å². The Balaban J connectivity index is 0.00000277. The zero-order chi connectivity index (χ0) is 26.4. The second-order valence-corrected chi connectivity index (χ2v) is 11.3. The molecular weight excluding hydrogens is 665 g/mol. The zero-order valence-electron chi connectivity index (χ0n) is 22.4. The molecule has 3 aromatic heterocycles. The summed E-state index contributed by atoms with van der Waals surface area (Å²) >= 11 is 0. The number of hydrogen-bond donors (Lipinski definition) is 1. The maximum absolute atomic E-state index is 10.9. The largest absolute Gasteiger partial charge is 0.507 e. The van der Waals surface area contributed by atoms with Crippen LogP contribution in [0.4, 0.5) is 0 Å². The average Bonchev–Trinajstić information content (AvgIpc) is 3.47. The second-order valence-electron chi connectivity index (χ2n) is 11.3. The molecule has 0 saturated carbocycles. The van der Waals surface area contributed by atoms with E-state index in [9.17, 15) is 5.11 Å². The van der Waals surface area contributed by atoms with Crippen molar-refractivity contribution in [2.24, 2.45) is 7.05 Å². The van der Waals surface area contributed by atoms with E-state index in [2.05, 4.69) is 58.0 Å². The van der Waals surface area contributed by atoms with Crippen LogP contribution in [-0.2, 0) is 38.9 Å². The predicted octanol–water partition coefficient (Wildman–Crippen LogP) is 7.79. The molecule has 6 heteroatoms. The van der Waals surface area contributed by atoms with Gasteiger partial charge < -0.3 is 14.1 Å². The van der Waals surface area contributed by atoms with Crippen molar-refractivity contribution in [3.05, 3.63) is 90.1 Å². The van der Waals surface area contributed by atoms with Crippen LogP contribution in [0.5, 0.6) is 5.75 Å². The van der Waals surface area contributed by atoms with Crippen LogP contribution in [0.25, 0.3) is 56.0 Å². The van der Waals surface area contributed by atoms with Crippen LogP contribution in [0, 0.1) is 6.07 Å². The number of aryl methyl sites for hydroxylation is 1. The second kappa shape index (κ2) is 8.66. The van der Waals surface area contributed by atoms with Crippen molar-refractivity contribution in [1.82, 2.24) is 14.5 Å². The summed E-state index contributed by atoms with van der Waals surface area (Å²) in [4.78, 5) is 10.1. The van der Waals surface area contributed by atoms with E-state index in [4.69, 9.17) is 14.4 Å². The zero-order valence-corrected chi connectivity index (χ0v) is 24.7. The maximum Gasteiger partial charge on any atom is 0.125 e. The summed E-state index contributed by atoms with van der Waals surface area (Å²) in [6.45, 7) is 8.99. The number of furan rings is 1. The van der Waals surface area contributed by atoms with Crippen LogP contribution >= 0.6 is 0 Å². The first-order valence-corrected chi connectivity index (χ1v) is 12.9. The normalized spacial score (nSPS) is 15.1. The van der Waals surface area contributed by atoms with Gasteiger partial charge in [0.2, 0.25) is 0 Å². The van der Waals surface area contributed by atoms with Gasteiger partial charge in [0, 0.05) is 50.7 Å². The van der Waals surface area contributed by atoms with Gasteiger partial charge in [-0.15, -0.1) is 23.8 Å². The first-order valence-electron chi connectivity index (χ1n) is 12.9. The topological polar surface area (TPSA) is 64.1 Å². The van der Waals surface area contributed by atoms with Crippen LogP contribution in [0.15, 0.2) is 77.3 Å². The van der Waals surface area contributed by atoms with Crippen molar-refractivity contribution in [2.75, 3.05) is 0 Å². The Labute approximate surface area is 241 Å². The van der Waals surface area contributed by atoms with Crippen molar-refractivity contribution >= 4 is 21.9 Å². The number of rotatable bonds is 2. The minimum atomic E-state index is -0.179. The van der Waals surface area contributed by atoms with Crippen LogP contribution in [0.2, 0.25) is 0 Å². The standard InChI is InChI=1S/C33H28N3O2.Pt/c1-32(2)22-10-8-11-26(37)29(22)30-23(33(32,3)4)14-15-24(34-30)25-18-36(5)31(35-25)19-13-16-28-21(17-19)20-9-6-7-12-27(20)38-28;/h6-12,14-18,37H,1-5H3;/q-1;. The van der Waals surface area contributed by atoms with E-state index in [1.807, 2.05) is 54.2 Å². The number of nitrogens with zero attached hydrogens (tertiary/aromatic N) is 3. The van der Waals surface area contributed by atoms with Crippen molar-refractivity contribution in [1.29, 1.82) is 0 Å². The summed E-state index contributed by atoms with van der Waals surface area (Å²) in [6.07, 6.45) is 2.00. The minimum absolute atomic E-state index is 0. The molecule has 0 radical (unpaired) electrons. The fourth-order valence-corrected chi connectivity index (χ4v) is 5.92. The maximum atomic E-state index is 10.9. The number of benzene rings is 3. The summed E-state index contributed by atoms with van der Waals surface area (Å²) in [5.41, 5.74) is 7.62. The Kier molecular flexibility index (Phi) is 5.68. The molecule has 3 heterocycles. The molecule has 1 aliphatic rings. The third kappa shape index (κ3) is 3.56. The average molecular weight is 694 g/mol. The van der Waals surface area contributed by atoms with Crippen molar-refractivity contribution in [2.45, 2.75) is 38.5 Å². The molecule has 0 bridgehead atoms. The number of imidazole rings is 1. The number of pyridine rings is 1. The van der Waals surface area contributed by atoms with Gasteiger partial charge in [0.1, 0.15) is 11.3 Å². The summed E-state index contributed by atoms with van der Waals surface area (Å²) in [5.74, 6) is 1.06. The smallest absolute Gasteiger partial charge is 0.125 e. The van der Waals surface area contributed by atoms with Crippen LogP contribution in [-0.4, -0.2) is 19.6 Å². The van der Waals surface area contributed by atoms with E-state index in [1.54, 1.807) is 6.07 Å². The Hall–Kier alpha value is -3.69. The van der Waals surface area contributed by atoms with Crippen LogP contribution in [0.1, 0.15) is 38.8 Å². The number of para-hydroxylation sites is 1. The summed E-state index contributed by atoms with van der Waals surface area (Å²) in [5, 5.41) is 13.1. The van der Waals surface area contributed by atoms with E-state index >= 15 is 0 Å². The molecule has 0 fully saturated rings. The molecule has 7 rings (SSSR count). The molecular formula is C33H28N3O2Pt-. The van der Waals surface area contributed by atoms with E-state index in [-0.39, 0.29) is 37.6 Å². The van der Waals surface area contributed by atoms with Gasteiger partial charge in [0.25, 0.3) is 0 Å². The van der Waals surface area contributed by atoms with Crippen LogP contribution < -0.4 is 0 Å². The third-order valence-corrected chi connectivity index (χ3v) is 8.77. The molecule has 1 N–H and O–H groups in total. The van der Waals surface area contributed by atoms with Crippen molar-refractivity contribution in [3.8, 4) is 39.8 Å². The van der Waals surface area contributed by atoms with Gasteiger partial charge in [-0.2, -0.15) is 0 Å². The minimum Gasteiger partial charge on any atom is -0.507 e.